The number of carbonyl (C=O) groups is 1. The second-order valence-electron chi connectivity index (χ2n) is 4.18. The number of nitrogens with zero attached hydrogens (tertiary/aromatic N) is 1. The summed E-state index contributed by atoms with van der Waals surface area (Å²) in [6.45, 7) is 0.697. The van der Waals surface area contributed by atoms with Gasteiger partial charge < -0.3 is 11.1 Å². The van der Waals surface area contributed by atoms with E-state index in [0.29, 0.717) is 16.6 Å². The van der Waals surface area contributed by atoms with E-state index >= 15 is 0 Å². The van der Waals surface area contributed by atoms with Gasteiger partial charge in [-0.2, -0.15) is 0 Å². The van der Waals surface area contributed by atoms with Crippen LogP contribution >= 0.6 is 11.3 Å². The fourth-order valence-electron chi connectivity index (χ4n) is 1.95. The summed E-state index contributed by atoms with van der Waals surface area (Å²) in [5.41, 5.74) is 6.95. The Kier molecular flexibility index (Phi) is 4.14. The third-order valence-corrected chi connectivity index (χ3v) is 3.69. The molecule has 0 atom stereocenters. The van der Waals surface area contributed by atoms with E-state index in [1.165, 1.54) is 48.8 Å². The molecule has 0 saturated carbocycles. The fourth-order valence-corrected chi connectivity index (χ4v) is 2.55. The number of hydrogen-bond donors (Lipinski definition) is 2. The van der Waals surface area contributed by atoms with E-state index in [1.807, 2.05) is 0 Å². The van der Waals surface area contributed by atoms with Gasteiger partial charge in [-0.25, -0.2) is 4.98 Å². The Morgan fingerprint density at radius 1 is 1.53 bits per heavy atom. The molecule has 17 heavy (non-hydrogen) atoms. The molecular formula is C12H17N3OS. The molecular weight excluding hydrogens is 234 g/mol. The zero-order valence-electron chi connectivity index (χ0n) is 9.74. The number of nitrogen functional groups attached to an aromatic ring is 1. The molecule has 1 heterocycles. The van der Waals surface area contributed by atoms with Crippen LogP contribution < -0.4 is 11.1 Å². The maximum Gasteiger partial charge on any atom is 0.263 e. The number of hydrogen-bond acceptors (Lipinski definition) is 4. The molecule has 0 aliphatic heterocycles. The molecule has 0 saturated heterocycles. The quantitative estimate of drug-likeness (QED) is 0.807. The van der Waals surface area contributed by atoms with Crippen LogP contribution in [-0.2, 0) is 0 Å². The predicted molar refractivity (Wildman–Crippen MR) is 70.0 cm³/mol. The van der Waals surface area contributed by atoms with Gasteiger partial charge in [-0.05, 0) is 32.1 Å². The van der Waals surface area contributed by atoms with Crippen LogP contribution in [0.25, 0.3) is 0 Å². The summed E-state index contributed by atoms with van der Waals surface area (Å²) in [7, 11) is 0. The number of nitrogens with two attached hydrogens (primary N) is 1. The Morgan fingerprint density at radius 2 is 2.41 bits per heavy atom. The normalized spacial score (nSPS) is 15.4. The van der Waals surface area contributed by atoms with Crippen LogP contribution in [0.1, 0.15) is 41.8 Å². The molecule has 0 spiro atoms. The van der Waals surface area contributed by atoms with Crippen molar-refractivity contribution < 1.29 is 4.79 Å². The van der Waals surface area contributed by atoms with Crippen molar-refractivity contribution in [3.63, 3.8) is 0 Å². The highest BCUT2D eigenvalue weighted by Gasteiger charge is 2.09. The molecule has 3 N–H and O–H groups in total. The van der Waals surface area contributed by atoms with E-state index in [1.54, 1.807) is 0 Å². The van der Waals surface area contributed by atoms with Gasteiger partial charge >= 0.3 is 0 Å². The van der Waals surface area contributed by atoms with Crippen LogP contribution in [0.15, 0.2) is 17.8 Å². The van der Waals surface area contributed by atoms with Crippen molar-refractivity contribution in [3.8, 4) is 0 Å². The lowest BCUT2D eigenvalue weighted by molar-refractivity contribution is 0.0958. The van der Waals surface area contributed by atoms with Crippen molar-refractivity contribution in [2.24, 2.45) is 0 Å². The highest BCUT2D eigenvalue weighted by atomic mass is 32.1. The molecule has 4 nitrogen and oxygen atoms in total. The highest BCUT2D eigenvalue weighted by Crippen LogP contribution is 2.19. The first-order chi connectivity index (χ1) is 8.25. The molecule has 0 fully saturated rings. The Morgan fingerprint density at radius 3 is 3.06 bits per heavy atom. The van der Waals surface area contributed by atoms with Crippen LogP contribution in [-0.4, -0.2) is 17.4 Å². The Labute approximate surface area is 105 Å². The number of nitrogens with one attached hydrogen (secondary N) is 1. The van der Waals surface area contributed by atoms with E-state index in [4.69, 9.17) is 5.73 Å². The van der Waals surface area contributed by atoms with Gasteiger partial charge in [0.1, 0.15) is 4.88 Å². The van der Waals surface area contributed by atoms with E-state index < -0.39 is 0 Å². The fraction of sp³-hybridized carbons (Fsp3) is 0.500. The van der Waals surface area contributed by atoms with Crippen molar-refractivity contribution in [2.75, 3.05) is 12.3 Å². The first-order valence-electron chi connectivity index (χ1n) is 5.93. The summed E-state index contributed by atoms with van der Waals surface area (Å²) in [5, 5.41) is 3.33. The van der Waals surface area contributed by atoms with E-state index in [-0.39, 0.29) is 5.91 Å². The second kappa shape index (κ2) is 5.82. The van der Waals surface area contributed by atoms with E-state index in [9.17, 15) is 4.79 Å². The average Bonchev–Trinajstić information content (AvgIpc) is 2.77. The van der Waals surface area contributed by atoms with Gasteiger partial charge in [0.2, 0.25) is 0 Å². The van der Waals surface area contributed by atoms with Crippen molar-refractivity contribution in [3.05, 3.63) is 22.7 Å². The minimum absolute atomic E-state index is 0.0735. The third-order valence-electron chi connectivity index (χ3n) is 2.86. The van der Waals surface area contributed by atoms with Gasteiger partial charge in [-0.3, -0.25) is 4.79 Å². The SMILES string of the molecule is Nc1ncc(C(=O)NCCC2=CCCCC2)s1. The minimum Gasteiger partial charge on any atom is -0.375 e. The van der Waals surface area contributed by atoms with Gasteiger partial charge in [0.25, 0.3) is 5.91 Å². The Balaban J connectivity index is 1.75. The highest BCUT2D eigenvalue weighted by molar-refractivity contribution is 7.17. The summed E-state index contributed by atoms with van der Waals surface area (Å²) in [6, 6.07) is 0. The standard InChI is InChI=1S/C12H17N3OS/c13-12-15-8-10(17-12)11(16)14-7-6-9-4-2-1-3-5-9/h4,8H,1-3,5-7H2,(H2,13,15)(H,14,16). The first-order valence-corrected chi connectivity index (χ1v) is 6.75. The summed E-state index contributed by atoms with van der Waals surface area (Å²) < 4.78 is 0. The number of anilines is 1. The summed E-state index contributed by atoms with van der Waals surface area (Å²) in [5.74, 6) is -0.0735. The molecule has 1 amide bonds. The first kappa shape index (κ1) is 12.1. The largest absolute Gasteiger partial charge is 0.375 e. The molecule has 0 radical (unpaired) electrons. The molecule has 1 aliphatic carbocycles. The zero-order valence-corrected chi connectivity index (χ0v) is 10.6. The van der Waals surface area contributed by atoms with Crippen molar-refractivity contribution >= 4 is 22.4 Å². The molecule has 0 bridgehead atoms. The van der Waals surface area contributed by atoms with Gasteiger partial charge in [0.15, 0.2) is 5.13 Å². The molecule has 1 aromatic heterocycles. The second-order valence-corrected chi connectivity index (χ2v) is 5.24. The molecule has 5 heteroatoms. The number of amides is 1. The Hall–Kier alpha value is -1.36. The predicted octanol–water partition coefficient (Wildman–Crippen LogP) is 2.35. The zero-order chi connectivity index (χ0) is 12.1. The lowest BCUT2D eigenvalue weighted by Gasteiger charge is -2.12. The number of allylic oxidation sites excluding steroid dienone is 1. The summed E-state index contributed by atoms with van der Waals surface area (Å²) in [4.78, 5) is 16.1. The number of rotatable bonds is 4. The van der Waals surface area contributed by atoms with Crippen LogP contribution in [0.5, 0.6) is 0 Å². The van der Waals surface area contributed by atoms with Gasteiger partial charge in [-0.1, -0.05) is 23.0 Å². The van der Waals surface area contributed by atoms with E-state index in [0.717, 1.165) is 6.42 Å². The van der Waals surface area contributed by atoms with Gasteiger partial charge in [0.05, 0.1) is 6.20 Å². The number of aromatic nitrogens is 1. The Bertz CT molecular complexity index is 425. The number of carbonyl (C=O) groups excluding carboxylic acids is 1. The molecule has 92 valence electrons. The van der Waals surface area contributed by atoms with Crippen LogP contribution in [0.3, 0.4) is 0 Å². The third kappa shape index (κ3) is 3.56. The smallest absolute Gasteiger partial charge is 0.263 e. The molecule has 0 aromatic carbocycles. The van der Waals surface area contributed by atoms with Gasteiger partial charge in [-0.15, -0.1) is 0 Å². The lowest BCUT2D eigenvalue weighted by Crippen LogP contribution is -2.24. The minimum atomic E-state index is -0.0735. The lowest BCUT2D eigenvalue weighted by atomic mass is 9.97. The number of thiazole rings is 1. The van der Waals surface area contributed by atoms with Crippen molar-refractivity contribution in [1.29, 1.82) is 0 Å². The molecule has 0 unspecified atom stereocenters. The summed E-state index contributed by atoms with van der Waals surface area (Å²) in [6.07, 6.45) is 9.74. The molecule has 1 aliphatic rings. The van der Waals surface area contributed by atoms with E-state index in [2.05, 4.69) is 16.4 Å². The topological polar surface area (TPSA) is 68.0 Å². The van der Waals surface area contributed by atoms with Gasteiger partial charge in [0, 0.05) is 6.54 Å². The monoisotopic (exact) mass is 251 g/mol. The van der Waals surface area contributed by atoms with Crippen molar-refractivity contribution in [1.82, 2.24) is 10.3 Å². The van der Waals surface area contributed by atoms with Crippen molar-refractivity contribution in [2.45, 2.75) is 32.1 Å². The molecule has 1 aromatic rings. The maximum absolute atomic E-state index is 11.7. The molecule has 2 rings (SSSR count). The summed E-state index contributed by atoms with van der Waals surface area (Å²) >= 11 is 1.22. The van der Waals surface area contributed by atoms with Crippen LogP contribution in [0.4, 0.5) is 5.13 Å². The average molecular weight is 251 g/mol. The van der Waals surface area contributed by atoms with Crippen LogP contribution in [0, 0.1) is 0 Å². The van der Waals surface area contributed by atoms with Crippen LogP contribution in [0.2, 0.25) is 0 Å². The maximum atomic E-state index is 11.7.